The third-order valence-electron chi connectivity index (χ3n) is 3.73. The van der Waals surface area contributed by atoms with Crippen LogP contribution in [-0.2, 0) is 27.7 Å². The second-order valence-corrected chi connectivity index (χ2v) is 10.1. The lowest BCUT2D eigenvalue weighted by Gasteiger charge is -2.19. The van der Waals surface area contributed by atoms with Gasteiger partial charge in [0.25, 0.3) is 0 Å². The molecule has 0 saturated heterocycles. The van der Waals surface area contributed by atoms with Crippen LogP contribution in [0.15, 0.2) is 42.5 Å². The zero-order valence-electron chi connectivity index (χ0n) is 16.5. The number of hydrogen-bond donors (Lipinski definition) is 2. The van der Waals surface area contributed by atoms with Crippen LogP contribution < -0.4 is 10.0 Å². The first-order chi connectivity index (χ1) is 13.5. The number of benzene rings is 2. The number of rotatable bonds is 7. The fraction of sp³-hybridized carbons (Fsp3) is 0.350. The van der Waals surface area contributed by atoms with E-state index in [2.05, 4.69) is 10.0 Å². The SMILES string of the molecule is CC(C)(C)OC(=O)NCc1ccc(NS(=O)(=O)CCc2cccc(Cl)c2Cl)cc1. The maximum absolute atomic E-state index is 12.3. The first-order valence-corrected chi connectivity index (χ1v) is 11.4. The number of nitrogens with one attached hydrogen (secondary N) is 2. The highest BCUT2D eigenvalue weighted by atomic mass is 35.5. The number of alkyl carbamates (subject to hydrolysis) is 1. The third kappa shape index (κ3) is 8.12. The lowest BCUT2D eigenvalue weighted by Crippen LogP contribution is -2.32. The van der Waals surface area contributed by atoms with Gasteiger partial charge in [-0.05, 0) is 56.5 Å². The summed E-state index contributed by atoms with van der Waals surface area (Å²) in [4.78, 5) is 11.7. The van der Waals surface area contributed by atoms with E-state index in [1.54, 1.807) is 63.2 Å². The van der Waals surface area contributed by atoms with Crippen molar-refractivity contribution in [1.29, 1.82) is 0 Å². The van der Waals surface area contributed by atoms with Crippen molar-refractivity contribution in [2.45, 2.75) is 39.3 Å². The van der Waals surface area contributed by atoms with E-state index < -0.39 is 21.7 Å². The summed E-state index contributed by atoms with van der Waals surface area (Å²) in [6.07, 6.45) is -0.269. The van der Waals surface area contributed by atoms with Crippen LogP contribution in [0.25, 0.3) is 0 Å². The lowest BCUT2D eigenvalue weighted by atomic mass is 10.2. The molecule has 0 radical (unpaired) electrons. The van der Waals surface area contributed by atoms with Crippen molar-refractivity contribution in [3.05, 3.63) is 63.6 Å². The molecule has 0 atom stereocenters. The van der Waals surface area contributed by atoms with Gasteiger partial charge in [0.15, 0.2) is 0 Å². The quantitative estimate of drug-likeness (QED) is 0.610. The van der Waals surface area contributed by atoms with Gasteiger partial charge in [-0.15, -0.1) is 0 Å². The van der Waals surface area contributed by atoms with Crippen molar-refractivity contribution in [3.63, 3.8) is 0 Å². The van der Waals surface area contributed by atoms with Gasteiger partial charge in [0.05, 0.1) is 15.8 Å². The molecule has 0 saturated carbocycles. The molecule has 2 aromatic rings. The molecule has 0 aromatic heterocycles. The summed E-state index contributed by atoms with van der Waals surface area (Å²) in [5, 5.41) is 3.41. The van der Waals surface area contributed by atoms with Crippen molar-refractivity contribution >= 4 is 45.0 Å². The van der Waals surface area contributed by atoms with Crippen molar-refractivity contribution in [3.8, 4) is 0 Å². The van der Waals surface area contributed by atoms with Crippen molar-refractivity contribution in [2.24, 2.45) is 0 Å². The fourth-order valence-corrected chi connectivity index (χ4v) is 3.90. The van der Waals surface area contributed by atoms with Gasteiger partial charge >= 0.3 is 6.09 Å². The predicted molar refractivity (Wildman–Crippen MR) is 117 cm³/mol. The summed E-state index contributed by atoms with van der Waals surface area (Å²) in [6.45, 7) is 5.63. The molecule has 158 valence electrons. The highest BCUT2D eigenvalue weighted by molar-refractivity contribution is 7.92. The van der Waals surface area contributed by atoms with Crippen LogP contribution in [0, 0.1) is 0 Å². The van der Waals surface area contributed by atoms with E-state index in [1.165, 1.54) is 0 Å². The van der Waals surface area contributed by atoms with Gasteiger partial charge in [-0.1, -0.05) is 47.5 Å². The zero-order chi connectivity index (χ0) is 21.7. The Hall–Kier alpha value is -1.96. The number of amides is 1. The average molecular weight is 459 g/mol. The van der Waals surface area contributed by atoms with Crippen LogP contribution in [-0.4, -0.2) is 25.9 Å². The Labute approximate surface area is 181 Å². The van der Waals surface area contributed by atoms with Gasteiger partial charge < -0.3 is 10.1 Å². The minimum atomic E-state index is -3.56. The molecule has 0 aliphatic heterocycles. The van der Waals surface area contributed by atoms with Crippen LogP contribution in [0.4, 0.5) is 10.5 Å². The standard InChI is InChI=1S/C20H24Cl2N2O4S/c1-20(2,3)28-19(25)23-13-14-7-9-16(10-8-14)24-29(26,27)12-11-15-5-4-6-17(21)18(15)22/h4-10,24H,11-13H2,1-3H3,(H,23,25). The Bertz CT molecular complexity index is 955. The van der Waals surface area contributed by atoms with Crippen molar-refractivity contribution in [1.82, 2.24) is 5.32 Å². The van der Waals surface area contributed by atoms with E-state index in [9.17, 15) is 13.2 Å². The lowest BCUT2D eigenvalue weighted by molar-refractivity contribution is 0.0523. The number of anilines is 1. The van der Waals surface area contributed by atoms with E-state index in [1.807, 2.05) is 0 Å². The molecule has 6 nitrogen and oxygen atoms in total. The Morgan fingerprint density at radius 2 is 1.72 bits per heavy atom. The van der Waals surface area contributed by atoms with Crippen molar-refractivity contribution < 1.29 is 17.9 Å². The van der Waals surface area contributed by atoms with E-state index in [4.69, 9.17) is 27.9 Å². The molecule has 0 aliphatic rings. The Morgan fingerprint density at radius 3 is 2.34 bits per heavy atom. The van der Waals surface area contributed by atoms with E-state index >= 15 is 0 Å². The molecule has 0 aliphatic carbocycles. The average Bonchev–Trinajstić information content (AvgIpc) is 2.61. The molecule has 9 heteroatoms. The number of ether oxygens (including phenoxy) is 1. The number of sulfonamides is 1. The topological polar surface area (TPSA) is 84.5 Å². The Balaban J connectivity index is 1.89. The molecular weight excluding hydrogens is 435 g/mol. The summed E-state index contributed by atoms with van der Waals surface area (Å²) in [5.74, 6) is -0.130. The van der Waals surface area contributed by atoms with Gasteiger partial charge in [-0.25, -0.2) is 13.2 Å². The smallest absolute Gasteiger partial charge is 0.407 e. The minimum absolute atomic E-state index is 0.130. The summed E-state index contributed by atoms with van der Waals surface area (Å²) >= 11 is 12.1. The van der Waals surface area contributed by atoms with Gasteiger partial charge in [0.1, 0.15) is 5.60 Å². The Morgan fingerprint density at radius 1 is 1.07 bits per heavy atom. The van der Waals surface area contributed by atoms with Gasteiger partial charge in [-0.2, -0.15) is 0 Å². The summed E-state index contributed by atoms with van der Waals surface area (Å²) in [6, 6.07) is 11.8. The molecular formula is C20H24Cl2N2O4S. The van der Waals surface area contributed by atoms with Gasteiger partial charge in [0.2, 0.25) is 10.0 Å². The van der Waals surface area contributed by atoms with Crippen LogP contribution in [0.2, 0.25) is 10.0 Å². The van der Waals surface area contributed by atoms with Gasteiger partial charge in [0, 0.05) is 12.2 Å². The highest BCUT2D eigenvalue weighted by Crippen LogP contribution is 2.26. The number of carbonyl (C=O) groups excluding carboxylic acids is 1. The van der Waals surface area contributed by atoms with Gasteiger partial charge in [-0.3, -0.25) is 4.72 Å². The number of hydrogen-bond acceptors (Lipinski definition) is 4. The number of aryl methyl sites for hydroxylation is 1. The second-order valence-electron chi connectivity index (χ2n) is 7.44. The third-order valence-corrected chi connectivity index (χ3v) is 5.88. The maximum atomic E-state index is 12.3. The molecule has 0 bridgehead atoms. The monoisotopic (exact) mass is 458 g/mol. The Kier molecular flexibility index (Phi) is 7.80. The first kappa shape index (κ1) is 23.3. The molecule has 1 amide bonds. The van der Waals surface area contributed by atoms with Crippen LogP contribution in [0.5, 0.6) is 0 Å². The number of carbonyl (C=O) groups is 1. The summed E-state index contributed by atoms with van der Waals surface area (Å²) < 4.78 is 32.4. The predicted octanol–water partition coefficient (Wildman–Crippen LogP) is 5.00. The molecule has 0 heterocycles. The largest absolute Gasteiger partial charge is 0.444 e. The number of halogens is 2. The fourth-order valence-electron chi connectivity index (χ4n) is 2.40. The molecule has 2 rings (SSSR count). The molecule has 29 heavy (non-hydrogen) atoms. The van der Waals surface area contributed by atoms with Crippen molar-refractivity contribution in [2.75, 3.05) is 10.5 Å². The zero-order valence-corrected chi connectivity index (χ0v) is 18.8. The van der Waals surface area contributed by atoms with E-state index in [0.29, 0.717) is 21.3 Å². The van der Waals surface area contributed by atoms with E-state index in [0.717, 1.165) is 5.56 Å². The van der Waals surface area contributed by atoms with Crippen LogP contribution >= 0.6 is 23.2 Å². The maximum Gasteiger partial charge on any atom is 0.407 e. The first-order valence-electron chi connectivity index (χ1n) is 8.94. The highest BCUT2D eigenvalue weighted by Gasteiger charge is 2.16. The molecule has 2 aromatic carbocycles. The van der Waals surface area contributed by atoms with Crippen LogP contribution in [0.3, 0.4) is 0 Å². The second kappa shape index (κ2) is 9.69. The van der Waals surface area contributed by atoms with Crippen LogP contribution in [0.1, 0.15) is 31.9 Å². The molecule has 0 spiro atoms. The summed E-state index contributed by atoms with van der Waals surface area (Å²) in [5.41, 5.74) is 1.35. The minimum Gasteiger partial charge on any atom is -0.444 e. The normalized spacial score (nSPS) is 11.8. The summed E-state index contributed by atoms with van der Waals surface area (Å²) in [7, 11) is -3.56. The molecule has 0 fully saturated rings. The molecule has 0 unspecified atom stereocenters. The van der Waals surface area contributed by atoms with E-state index in [-0.39, 0.29) is 18.7 Å². The molecule has 2 N–H and O–H groups in total.